The van der Waals surface area contributed by atoms with Crippen molar-refractivity contribution in [1.82, 2.24) is 19.9 Å². The normalized spacial score (nSPS) is 15.5. The maximum Gasteiger partial charge on any atom is 0.273 e. The quantitative estimate of drug-likeness (QED) is 0.405. The molecule has 0 radical (unpaired) electrons. The Balaban J connectivity index is 1.16. The molecule has 2 aliphatic rings. The van der Waals surface area contributed by atoms with Gasteiger partial charge in [0.25, 0.3) is 5.91 Å². The number of hydrogen-bond acceptors (Lipinski definition) is 6. The fourth-order valence-electron chi connectivity index (χ4n) is 5.76. The number of nitrogens with zero attached hydrogens (tertiary/aromatic N) is 6. The topological polar surface area (TPSA) is 82.5 Å². The number of pyridine rings is 1. The van der Waals surface area contributed by atoms with Crippen molar-refractivity contribution in [1.29, 1.82) is 0 Å². The lowest BCUT2D eigenvalue weighted by Gasteiger charge is -2.39. The summed E-state index contributed by atoms with van der Waals surface area (Å²) in [5.41, 5.74) is 5.65. The molecule has 4 aromatic rings. The van der Waals surface area contributed by atoms with Gasteiger partial charge in [0.1, 0.15) is 17.8 Å². The summed E-state index contributed by atoms with van der Waals surface area (Å²) >= 11 is 0. The van der Waals surface area contributed by atoms with Crippen molar-refractivity contribution in [2.24, 2.45) is 0 Å². The van der Waals surface area contributed by atoms with Crippen LogP contribution in [0.1, 0.15) is 46.9 Å². The number of aromatic nitrogens is 3. The molecule has 1 saturated heterocycles. The molecule has 0 N–H and O–H groups in total. The van der Waals surface area contributed by atoms with E-state index in [1.807, 2.05) is 46.3 Å². The fraction of sp³-hybridized carbons (Fsp3) is 0.300. The van der Waals surface area contributed by atoms with E-state index in [1.165, 1.54) is 17.5 Å². The van der Waals surface area contributed by atoms with Crippen LogP contribution in [0.2, 0.25) is 0 Å². The molecule has 2 aliphatic heterocycles. The SMILES string of the molecule is CC(=O)N(c1cnc2ccccc2c1C)C1CCN(c2cc(C(=O)N3Cc4ccccc4C3)ncn2)CC1. The highest BCUT2D eigenvalue weighted by atomic mass is 16.2. The molecule has 0 atom stereocenters. The van der Waals surface area contributed by atoms with Gasteiger partial charge in [-0.2, -0.15) is 0 Å². The van der Waals surface area contributed by atoms with Gasteiger partial charge in [-0.3, -0.25) is 14.6 Å². The molecule has 6 rings (SSSR count). The Labute approximate surface area is 221 Å². The Morgan fingerprint density at radius 3 is 2.32 bits per heavy atom. The molecule has 8 heteroatoms. The predicted octanol–water partition coefficient (Wildman–Crippen LogP) is 4.51. The third-order valence-corrected chi connectivity index (χ3v) is 7.77. The van der Waals surface area contributed by atoms with Crippen molar-refractivity contribution < 1.29 is 9.59 Å². The molecular formula is C30H30N6O2. The van der Waals surface area contributed by atoms with Gasteiger partial charge in [0.2, 0.25) is 5.91 Å². The Morgan fingerprint density at radius 2 is 1.61 bits per heavy atom. The lowest BCUT2D eigenvalue weighted by atomic mass is 10.00. The minimum absolute atomic E-state index is 0.0187. The highest BCUT2D eigenvalue weighted by molar-refractivity contribution is 5.97. The number of hydrogen-bond donors (Lipinski definition) is 0. The fourth-order valence-corrected chi connectivity index (χ4v) is 5.76. The Kier molecular flexibility index (Phi) is 6.23. The van der Waals surface area contributed by atoms with Crippen LogP contribution in [-0.4, -0.2) is 50.8 Å². The van der Waals surface area contributed by atoms with Crippen LogP contribution >= 0.6 is 0 Å². The van der Waals surface area contributed by atoms with Crippen LogP contribution in [-0.2, 0) is 17.9 Å². The maximum absolute atomic E-state index is 13.2. The Morgan fingerprint density at radius 1 is 0.921 bits per heavy atom. The second-order valence-electron chi connectivity index (χ2n) is 10.1. The van der Waals surface area contributed by atoms with E-state index in [4.69, 9.17) is 0 Å². The van der Waals surface area contributed by atoms with E-state index in [0.29, 0.717) is 18.8 Å². The molecule has 0 saturated carbocycles. The number of carbonyl (C=O) groups excluding carboxylic acids is 2. The Bertz CT molecular complexity index is 1500. The molecule has 0 spiro atoms. The summed E-state index contributed by atoms with van der Waals surface area (Å²) < 4.78 is 0. The zero-order valence-corrected chi connectivity index (χ0v) is 21.7. The third-order valence-electron chi connectivity index (χ3n) is 7.77. The zero-order valence-electron chi connectivity index (χ0n) is 21.7. The van der Waals surface area contributed by atoms with E-state index in [1.54, 1.807) is 13.0 Å². The van der Waals surface area contributed by atoms with Gasteiger partial charge in [-0.15, -0.1) is 0 Å². The number of benzene rings is 2. The summed E-state index contributed by atoms with van der Waals surface area (Å²) in [5.74, 6) is 0.684. The van der Waals surface area contributed by atoms with E-state index < -0.39 is 0 Å². The van der Waals surface area contributed by atoms with Crippen LogP contribution in [0.5, 0.6) is 0 Å². The van der Waals surface area contributed by atoms with Crippen LogP contribution < -0.4 is 9.80 Å². The summed E-state index contributed by atoms with van der Waals surface area (Å²) in [5, 5.41) is 1.06. The number of amides is 2. The van der Waals surface area contributed by atoms with Crippen LogP contribution in [0.15, 0.2) is 67.1 Å². The van der Waals surface area contributed by atoms with Crippen LogP contribution in [0.4, 0.5) is 11.5 Å². The zero-order chi connectivity index (χ0) is 26.2. The molecule has 2 amide bonds. The molecule has 1 fully saturated rings. The highest BCUT2D eigenvalue weighted by Crippen LogP contribution is 2.31. The first-order chi connectivity index (χ1) is 18.5. The van der Waals surface area contributed by atoms with E-state index in [-0.39, 0.29) is 17.9 Å². The number of anilines is 2. The lowest BCUT2D eigenvalue weighted by molar-refractivity contribution is -0.117. The smallest absolute Gasteiger partial charge is 0.273 e. The predicted molar refractivity (Wildman–Crippen MR) is 147 cm³/mol. The van der Waals surface area contributed by atoms with Crippen LogP contribution in [0.25, 0.3) is 10.9 Å². The lowest BCUT2D eigenvalue weighted by Crippen LogP contribution is -2.47. The van der Waals surface area contributed by atoms with E-state index >= 15 is 0 Å². The van der Waals surface area contributed by atoms with Gasteiger partial charge in [0.15, 0.2) is 0 Å². The van der Waals surface area contributed by atoms with Crippen molar-refractivity contribution in [2.75, 3.05) is 22.9 Å². The number of carbonyl (C=O) groups is 2. The van der Waals surface area contributed by atoms with Gasteiger partial charge in [-0.05, 0) is 42.5 Å². The highest BCUT2D eigenvalue weighted by Gasteiger charge is 2.30. The average molecular weight is 507 g/mol. The Hall–Kier alpha value is -4.33. The number of para-hydroxylation sites is 1. The minimum atomic E-state index is -0.0817. The summed E-state index contributed by atoms with van der Waals surface area (Å²) in [6.45, 7) is 6.35. The maximum atomic E-state index is 13.2. The minimum Gasteiger partial charge on any atom is -0.356 e. The molecule has 2 aromatic heterocycles. The summed E-state index contributed by atoms with van der Waals surface area (Å²) in [4.78, 5) is 45.3. The first-order valence-corrected chi connectivity index (χ1v) is 13.1. The molecule has 38 heavy (non-hydrogen) atoms. The molecule has 4 heterocycles. The number of piperidine rings is 1. The molecule has 192 valence electrons. The largest absolute Gasteiger partial charge is 0.356 e. The van der Waals surface area contributed by atoms with Crippen LogP contribution in [0.3, 0.4) is 0 Å². The van der Waals surface area contributed by atoms with E-state index in [9.17, 15) is 9.59 Å². The van der Waals surface area contributed by atoms with Gasteiger partial charge >= 0.3 is 0 Å². The van der Waals surface area contributed by atoms with Gasteiger partial charge in [0, 0.05) is 50.6 Å². The molecule has 8 nitrogen and oxygen atoms in total. The van der Waals surface area contributed by atoms with Crippen LogP contribution in [0, 0.1) is 6.92 Å². The summed E-state index contributed by atoms with van der Waals surface area (Å²) in [6.07, 6.45) is 4.88. The number of rotatable bonds is 4. The first kappa shape index (κ1) is 24.0. The van der Waals surface area contributed by atoms with Gasteiger partial charge in [-0.1, -0.05) is 42.5 Å². The van der Waals surface area contributed by atoms with Crippen molar-refractivity contribution >= 4 is 34.2 Å². The third kappa shape index (κ3) is 4.36. The standard InChI is InChI=1S/C30H30N6O2/c1-20-25-9-5-6-10-26(25)31-16-28(20)36(21(2)37)24-11-13-34(14-12-24)29-15-27(32-19-33-29)30(38)35-17-22-7-3-4-8-23(22)18-35/h3-10,15-16,19,24H,11-14,17-18H2,1-2H3. The molecular weight excluding hydrogens is 476 g/mol. The second kappa shape index (κ2) is 9.85. The molecule has 0 unspecified atom stereocenters. The van der Waals surface area contributed by atoms with Crippen molar-refractivity contribution in [3.8, 4) is 0 Å². The summed E-state index contributed by atoms with van der Waals surface area (Å²) in [7, 11) is 0. The van der Waals surface area contributed by atoms with E-state index in [0.717, 1.165) is 53.9 Å². The summed E-state index contributed by atoms with van der Waals surface area (Å²) in [6, 6.07) is 18.0. The molecule has 0 aliphatic carbocycles. The van der Waals surface area contributed by atoms with Gasteiger partial charge in [-0.25, -0.2) is 9.97 Å². The van der Waals surface area contributed by atoms with Crippen molar-refractivity contribution in [3.63, 3.8) is 0 Å². The van der Waals surface area contributed by atoms with Crippen molar-refractivity contribution in [3.05, 3.63) is 89.5 Å². The average Bonchev–Trinajstić information content (AvgIpc) is 3.39. The van der Waals surface area contributed by atoms with Gasteiger partial charge in [0.05, 0.1) is 17.4 Å². The van der Waals surface area contributed by atoms with E-state index in [2.05, 4.69) is 45.0 Å². The number of fused-ring (bicyclic) bond motifs is 2. The number of aryl methyl sites for hydroxylation is 1. The monoisotopic (exact) mass is 506 g/mol. The van der Waals surface area contributed by atoms with Gasteiger partial charge < -0.3 is 14.7 Å². The second-order valence-corrected chi connectivity index (χ2v) is 10.1. The van der Waals surface area contributed by atoms with Crippen molar-refractivity contribution in [2.45, 2.75) is 45.8 Å². The first-order valence-electron chi connectivity index (χ1n) is 13.1. The molecule has 0 bridgehead atoms. The molecule has 2 aromatic carbocycles.